The molecule has 1 amide bonds. The first kappa shape index (κ1) is 22.5. The molecule has 1 aromatic carbocycles. The molecule has 0 saturated carbocycles. The molecule has 4 heterocycles. The number of morpholine rings is 1. The van der Waals surface area contributed by atoms with Gasteiger partial charge in [-0.25, -0.2) is 13.4 Å². The summed E-state index contributed by atoms with van der Waals surface area (Å²) >= 11 is 0. The summed E-state index contributed by atoms with van der Waals surface area (Å²) in [4.78, 5) is 37.5. The van der Waals surface area contributed by atoms with Gasteiger partial charge in [0.05, 0.1) is 18.1 Å². The van der Waals surface area contributed by atoms with Crippen molar-refractivity contribution >= 4 is 32.7 Å². The second-order valence-electron chi connectivity index (χ2n) is 8.22. The molecule has 0 bridgehead atoms. The van der Waals surface area contributed by atoms with E-state index < -0.39 is 15.5 Å². The van der Waals surface area contributed by atoms with Crippen molar-refractivity contribution in [1.29, 1.82) is 0 Å². The monoisotopic (exact) mass is 483 g/mol. The number of carbonyl (C=O) groups is 1. The number of H-pyrrole nitrogens is 1. The number of hydrogen-bond donors (Lipinski definition) is 1. The Morgan fingerprint density at radius 2 is 1.76 bits per heavy atom. The molecule has 178 valence electrons. The van der Waals surface area contributed by atoms with Gasteiger partial charge in [-0.2, -0.15) is 4.31 Å². The van der Waals surface area contributed by atoms with Gasteiger partial charge in [0.25, 0.3) is 5.91 Å². The van der Waals surface area contributed by atoms with Crippen LogP contribution in [0.4, 0.5) is 5.82 Å². The minimum atomic E-state index is -3.76. The van der Waals surface area contributed by atoms with E-state index in [-0.39, 0.29) is 34.8 Å². The first-order valence-corrected chi connectivity index (χ1v) is 12.6. The Labute approximate surface area is 196 Å². The van der Waals surface area contributed by atoms with Crippen LogP contribution in [0.5, 0.6) is 0 Å². The SMILES string of the molecule is O=C(c1c[nH]c2ccc(S(=O)(=O)N3CCOCC3)cc2c1=O)N1CCN(c2ccccn2)CC1. The van der Waals surface area contributed by atoms with Crippen molar-refractivity contribution in [1.82, 2.24) is 19.2 Å². The lowest BCUT2D eigenvalue weighted by atomic mass is 10.1. The largest absolute Gasteiger partial charge is 0.379 e. The second-order valence-corrected chi connectivity index (χ2v) is 10.2. The molecule has 10 nitrogen and oxygen atoms in total. The molecule has 2 saturated heterocycles. The van der Waals surface area contributed by atoms with E-state index in [0.717, 1.165) is 5.82 Å². The zero-order valence-electron chi connectivity index (χ0n) is 18.5. The number of hydrogen-bond acceptors (Lipinski definition) is 7. The molecule has 2 aliphatic rings. The average Bonchev–Trinajstić information content (AvgIpc) is 2.89. The quantitative estimate of drug-likeness (QED) is 0.586. The van der Waals surface area contributed by atoms with Crippen LogP contribution in [0.25, 0.3) is 10.9 Å². The number of amides is 1. The van der Waals surface area contributed by atoms with E-state index in [9.17, 15) is 18.0 Å². The van der Waals surface area contributed by atoms with E-state index in [0.29, 0.717) is 44.9 Å². The number of fused-ring (bicyclic) bond motifs is 1. The van der Waals surface area contributed by atoms with E-state index in [2.05, 4.69) is 14.9 Å². The molecule has 34 heavy (non-hydrogen) atoms. The zero-order valence-corrected chi connectivity index (χ0v) is 19.3. The number of benzene rings is 1. The van der Waals surface area contributed by atoms with Crippen molar-refractivity contribution in [3.8, 4) is 0 Å². The molecular formula is C23H25N5O5S. The minimum Gasteiger partial charge on any atom is -0.379 e. The molecule has 0 unspecified atom stereocenters. The average molecular weight is 484 g/mol. The topological polar surface area (TPSA) is 116 Å². The van der Waals surface area contributed by atoms with E-state index >= 15 is 0 Å². The third-order valence-corrected chi connectivity index (χ3v) is 8.13. The summed E-state index contributed by atoms with van der Waals surface area (Å²) in [6.45, 7) is 3.32. The lowest BCUT2D eigenvalue weighted by Gasteiger charge is -2.35. The Bertz CT molecular complexity index is 1360. The number of aromatic amines is 1. The van der Waals surface area contributed by atoms with Gasteiger partial charge in [0.15, 0.2) is 0 Å². The highest BCUT2D eigenvalue weighted by molar-refractivity contribution is 7.89. The van der Waals surface area contributed by atoms with Crippen LogP contribution in [0.3, 0.4) is 0 Å². The van der Waals surface area contributed by atoms with E-state index in [1.807, 2.05) is 18.2 Å². The smallest absolute Gasteiger partial charge is 0.259 e. The van der Waals surface area contributed by atoms with Crippen molar-refractivity contribution < 1.29 is 17.9 Å². The summed E-state index contributed by atoms with van der Waals surface area (Å²) < 4.78 is 32.6. The summed E-state index contributed by atoms with van der Waals surface area (Å²) in [5.74, 6) is 0.484. The maximum atomic E-state index is 13.2. The molecule has 3 aromatic rings. The van der Waals surface area contributed by atoms with Crippen molar-refractivity contribution in [2.45, 2.75) is 4.90 Å². The fraction of sp³-hybridized carbons (Fsp3) is 0.348. The Morgan fingerprint density at radius 1 is 1.00 bits per heavy atom. The third kappa shape index (κ3) is 4.17. The molecule has 2 aliphatic heterocycles. The highest BCUT2D eigenvalue weighted by atomic mass is 32.2. The Kier molecular flexibility index (Phi) is 6.07. The summed E-state index contributed by atoms with van der Waals surface area (Å²) in [7, 11) is -3.76. The van der Waals surface area contributed by atoms with E-state index in [1.165, 1.54) is 22.6 Å². The van der Waals surface area contributed by atoms with Crippen LogP contribution in [0, 0.1) is 0 Å². The lowest BCUT2D eigenvalue weighted by Crippen LogP contribution is -2.49. The van der Waals surface area contributed by atoms with Crippen LogP contribution in [0.2, 0.25) is 0 Å². The van der Waals surface area contributed by atoms with Gasteiger partial charge in [-0.3, -0.25) is 9.59 Å². The van der Waals surface area contributed by atoms with Gasteiger partial charge in [0, 0.05) is 62.6 Å². The number of rotatable bonds is 4. The molecule has 2 fully saturated rings. The van der Waals surface area contributed by atoms with E-state index in [1.54, 1.807) is 17.2 Å². The number of ether oxygens (including phenoxy) is 1. The number of nitrogens with one attached hydrogen (secondary N) is 1. The molecule has 0 atom stereocenters. The van der Waals surface area contributed by atoms with Gasteiger partial charge < -0.3 is 19.5 Å². The molecule has 1 N–H and O–H groups in total. The summed E-state index contributed by atoms with van der Waals surface area (Å²) in [6.07, 6.45) is 3.14. The number of nitrogens with zero attached hydrogens (tertiary/aromatic N) is 4. The maximum absolute atomic E-state index is 13.2. The minimum absolute atomic E-state index is 0.000272. The zero-order chi connectivity index (χ0) is 23.7. The third-order valence-electron chi connectivity index (χ3n) is 6.23. The highest BCUT2D eigenvalue weighted by Gasteiger charge is 2.28. The van der Waals surface area contributed by atoms with Gasteiger partial charge >= 0.3 is 0 Å². The fourth-order valence-corrected chi connectivity index (χ4v) is 5.74. The molecule has 0 radical (unpaired) electrons. The van der Waals surface area contributed by atoms with Crippen molar-refractivity contribution in [3.63, 3.8) is 0 Å². The molecule has 0 spiro atoms. The number of sulfonamides is 1. The Morgan fingerprint density at radius 3 is 2.47 bits per heavy atom. The van der Waals surface area contributed by atoms with Crippen molar-refractivity contribution in [2.75, 3.05) is 57.4 Å². The fourth-order valence-electron chi connectivity index (χ4n) is 4.30. The lowest BCUT2D eigenvalue weighted by molar-refractivity contribution is 0.0730. The molecular weight excluding hydrogens is 458 g/mol. The van der Waals surface area contributed by atoms with E-state index in [4.69, 9.17) is 4.74 Å². The van der Waals surface area contributed by atoms with Crippen LogP contribution in [0.15, 0.2) is 58.5 Å². The van der Waals surface area contributed by atoms with Gasteiger partial charge in [-0.15, -0.1) is 0 Å². The van der Waals surface area contributed by atoms with Crippen LogP contribution in [0.1, 0.15) is 10.4 Å². The predicted molar refractivity (Wildman–Crippen MR) is 127 cm³/mol. The number of piperazine rings is 1. The predicted octanol–water partition coefficient (Wildman–Crippen LogP) is 0.906. The van der Waals surface area contributed by atoms with Crippen LogP contribution in [-0.2, 0) is 14.8 Å². The van der Waals surface area contributed by atoms with Gasteiger partial charge in [0.1, 0.15) is 11.4 Å². The second kappa shape index (κ2) is 9.16. The van der Waals surface area contributed by atoms with Crippen molar-refractivity contribution in [2.24, 2.45) is 0 Å². The van der Waals surface area contributed by atoms with Crippen LogP contribution < -0.4 is 10.3 Å². The molecule has 2 aromatic heterocycles. The molecule has 0 aliphatic carbocycles. The summed E-state index contributed by atoms with van der Waals surface area (Å²) in [5, 5.41) is 0.173. The first-order chi connectivity index (χ1) is 16.4. The summed E-state index contributed by atoms with van der Waals surface area (Å²) in [6, 6.07) is 10.1. The highest BCUT2D eigenvalue weighted by Crippen LogP contribution is 2.21. The van der Waals surface area contributed by atoms with Crippen molar-refractivity contribution in [3.05, 3.63) is 64.6 Å². The number of anilines is 1. The Balaban J connectivity index is 1.39. The van der Waals surface area contributed by atoms with Crippen LogP contribution >= 0.6 is 0 Å². The first-order valence-electron chi connectivity index (χ1n) is 11.1. The van der Waals surface area contributed by atoms with Crippen LogP contribution in [-0.4, -0.2) is 86.0 Å². The van der Waals surface area contributed by atoms with Gasteiger partial charge in [-0.1, -0.05) is 6.07 Å². The standard InChI is InChI=1S/C23H25N5O5S/c29-22-18-15-17(34(31,32)28-11-13-33-14-12-28)4-5-20(18)25-16-19(22)23(30)27-9-7-26(8-10-27)21-3-1-2-6-24-21/h1-6,15-16H,7-14H2,(H,25,29). The maximum Gasteiger partial charge on any atom is 0.259 e. The molecule has 5 rings (SSSR count). The Hall–Kier alpha value is -3.28. The normalized spacial score (nSPS) is 17.8. The number of pyridine rings is 2. The number of carbonyl (C=O) groups excluding carboxylic acids is 1. The number of aromatic nitrogens is 2. The molecule has 11 heteroatoms. The van der Waals surface area contributed by atoms with Gasteiger partial charge in [0.2, 0.25) is 15.5 Å². The summed E-state index contributed by atoms with van der Waals surface area (Å²) in [5.41, 5.74) is -0.00733. The van der Waals surface area contributed by atoms with Gasteiger partial charge in [-0.05, 0) is 30.3 Å².